The molecule has 0 spiro atoms. The van der Waals surface area contributed by atoms with E-state index in [1.54, 1.807) is 42.3 Å². The SMILES string of the molecule is C=CCOc1ccc2c(c1)NC(=O)/C2=C/c1cccc(C(=O)N(C)c2ccccc2)c1. The van der Waals surface area contributed by atoms with E-state index in [1.807, 2.05) is 54.6 Å². The first-order valence-electron chi connectivity index (χ1n) is 9.91. The smallest absolute Gasteiger partial charge is 0.258 e. The standard InChI is InChI=1S/C26H22N2O3/c1-3-14-31-21-12-13-22-23(25(29)27-24(22)17-21)16-18-8-7-9-19(15-18)26(30)28(2)20-10-5-4-6-11-20/h3-13,15-17H,1,14H2,2H3,(H,27,29)/b23-16+. The van der Waals surface area contributed by atoms with Crippen LogP contribution in [-0.2, 0) is 4.79 Å². The number of para-hydroxylation sites is 1. The number of amides is 2. The molecule has 1 aliphatic heterocycles. The van der Waals surface area contributed by atoms with Gasteiger partial charge in [-0.3, -0.25) is 9.59 Å². The highest BCUT2D eigenvalue weighted by Gasteiger charge is 2.24. The zero-order chi connectivity index (χ0) is 21.8. The number of anilines is 2. The fourth-order valence-electron chi connectivity index (χ4n) is 3.45. The summed E-state index contributed by atoms with van der Waals surface area (Å²) >= 11 is 0. The molecule has 4 rings (SSSR count). The second kappa shape index (κ2) is 8.71. The average molecular weight is 410 g/mol. The van der Waals surface area contributed by atoms with Crippen LogP contribution in [0.25, 0.3) is 11.6 Å². The number of benzene rings is 3. The minimum Gasteiger partial charge on any atom is -0.489 e. The highest BCUT2D eigenvalue weighted by Crippen LogP contribution is 2.35. The minimum atomic E-state index is -0.186. The molecule has 1 heterocycles. The molecule has 2 amide bonds. The van der Waals surface area contributed by atoms with Crippen LogP contribution in [0.3, 0.4) is 0 Å². The first-order chi connectivity index (χ1) is 15.1. The van der Waals surface area contributed by atoms with Crippen molar-refractivity contribution in [1.82, 2.24) is 0 Å². The van der Waals surface area contributed by atoms with Gasteiger partial charge in [0.2, 0.25) is 0 Å². The molecule has 0 saturated carbocycles. The Kier molecular flexibility index (Phi) is 5.67. The summed E-state index contributed by atoms with van der Waals surface area (Å²) < 4.78 is 5.54. The first kappa shape index (κ1) is 20.2. The number of rotatable bonds is 6. The fraction of sp³-hybridized carbons (Fsp3) is 0.0769. The fourth-order valence-corrected chi connectivity index (χ4v) is 3.45. The molecule has 3 aromatic rings. The van der Waals surface area contributed by atoms with Crippen molar-refractivity contribution in [2.75, 3.05) is 23.9 Å². The van der Waals surface area contributed by atoms with Crippen LogP contribution >= 0.6 is 0 Å². The van der Waals surface area contributed by atoms with E-state index < -0.39 is 0 Å². The summed E-state index contributed by atoms with van der Waals surface area (Å²) in [6, 6.07) is 22.2. The number of carbonyl (C=O) groups is 2. The molecule has 0 fully saturated rings. The third-order valence-electron chi connectivity index (χ3n) is 5.03. The summed E-state index contributed by atoms with van der Waals surface area (Å²) in [5.41, 5.74) is 4.19. The van der Waals surface area contributed by atoms with E-state index in [9.17, 15) is 9.59 Å². The Labute approximate surface area is 181 Å². The van der Waals surface area contributed by atoms with Gasteiger partial charge in [0, 0.05) is 35.5 Å². The zero-order valence-corrected chi connectivity index (χ0v) is 17.2. The highest BCUT2D eigenvalue weighted by atomic mass is 16.5. The number of nitrogens with one attached hydrogen (secondary N) is 1. The predicted molar refractivity (Wildman–Crippen MR) is 124 cm³/mol. The Morgan fingerprint density at radius 1 is 1.06 bits per heavy atom. The van der Waals surface area contributed by atoms with E-state index in [1.165, 1.54) is 0 Å². The maximum Gasteiger partial charge on any atom is 0.258 e. The topological polar surface area (TPSA) is 58.6 Å². The maximum absolute atomic E-state index is 12.9. The third-order valence-corrected chi connectivity index (χ3v) is 5.03. The van der Waals surface area contributed by atoms with Crippen molar-refractivity contribution in [3.8, 4) is 5.75 Å². The number of fused-ring (bicyclic) bond motifs is 1. The number of hydrogen-bond donors (Lipinski definition) is 1. The Balaban J connectivity index is 1.61. The van der Waals surface area contributed by atoms with E-state index in [-0.39, 0.29) is 11.8 Å². The van der Waals surface area contributed by atoms with Gasteiger partial charge >= 0.3 is 0 Å². The van der Waals surface area contributed by atoms with Gasteiger partial charge in [-0.2, -0.15) is 0 Å². The van der Waals surface area contributed by atoms with Crippen LogP contribution in [0.5, 0.6) is 5.75 Å². The maximum atomic E-state index is 12.9. The lowest BCUT2D eigenvalue weighted by atomic mass is 10.0. The average Bonchev–Trinajstić information content (AvgIpc) is 3.11. The molecule has 3 aromatic carbocycles. The van der Waals surface area contributed by atoms with E-state index in [2.05, 4.69) is 11.9 Å². The van der Waals surface area contributed by atoms with Gasteiger partial charge in [-0.1, -0.05) is 43.0 Å². The van der Waals surface area contributed by atoms with Gasteiger partial charge in [-0.25, -0.2) is 0 Å². The van der Waals surface area contributed by atoms with Crippen LogP contribution in [0.15, 0.2) is 85.5 Å². The van der Waals surface area contributed by atoms with Crippen LogP contribution < -0.4 is 15.0 Å². The number of ether oxygens (including phenoxy) is 1. The van der Waals surface area contributed by atoms with Crippen molar-refractivity contribution >= 4 is 34.8 Å². The normalized spacial score (nSPS) is 13.5. The third kappa shape index (κ3) is 4.26. The van der Waals surface area contributed by atoms with Crippen molar-refractivity contribution in [2.24, 2.45) is 0 Å². The lowest BCUT2D eigenvalue weighted by Gasteiger charge is -2.17. The number of hydrogen-bond acceptors (Lipinski definition) is 3. The molecule has 0 bridgehead atoms. The molecular formula is C26H22N2O3. The molecule has 154 valence electrons. The summed E-state index contributed by atoms with van der Waals surface area (Å²) in [5, 5.41) is 2.87. The molecule has 5 nitrogen and oxygen atoms in total. The lowest BCUT2D eigenvalue weighted by Crippen LogP contribution is -2.26. The molecule has 0 atom stereocenters. The predicted octanol–water partition coefficient (Wildman–Crippen LogP) is 5.02. The van der Waals surface area contributed by atoms with E-state index in [0.717, 1.165) is 16.8 Å². The van der Waals surface area contributed by atoms with Crippen LogP contribution in [0, 0.1) is 0 Å². The van der Waals surface area contributed by atoms with Crippen LogP contribution in [0.2, 0.25) is 0 Å². The molecule has 0 aromatic heterocycles. The van der Waals surface area contributed by atoms with Crippen LogP contribution in [0.4, 0.5) is 11.4 Å². The summed E-state index contributed by atoms with van der Waals surface area (Å²) in [7, 11) is 1.75. The molecular weight excluding hydrogens is 388 g/mol. The van der Waals surface area contributed by atoms with Crippen molar-refractivity contribution < 1.29 is 14.3 Å². The molecule has 5 heteroatoms. The molecule has 1 N–H and O–H groups in total. The van der Waals surface area contributed by atoms with Crippen LogP contribution in [-0.4, -0.2) is 25.5 Å². The zero-order valence-electron chi connectivity index (χ0n) is 17.2. The largest absolute Gasteiger partial charge is 0.489 e. The quantitative estimate of drug-likeness (QED) is 0.459. The minimum absolute atomic E-state index is 0.119. The van der Waals surface area contributed by atoms with E-state index in [4.69, 9.17) is 4.74 Å². The van der Waals surface area contributed by atoms with Crippen molar-refractivity contribution in [3.05, 3.63) is 102 Å². The van der Waals surface area contributed by atoms with E-state index in [0.29, 0.717) is 29.2 Å². The number of nitrogens with zero attached hydrogens (tertiary/aromatic N) is 1. The lowest BCUT2D eigenvalue weighted by molar-refractivity contribution is -0.110. The summed E-state index contributed by atoms with van der Waals surface area (Å²) in [5.74, 6) is 0.359. The van der Waals surface area contributed by atoms with Gasteiger partial charge in [0.05, 0.1) is 5.69 Å². The Morgan fingerprint density at radius 2 is 1.87 bits per heavy atom. The van der Waals surface area contributed by atoms with Gasteiger partial charge in [-0.05, 0) is 48.0 Å². The van der Waals surface area contributed by atoms with Crippen molar-refractivity contribution in [2.45, 2.75) is 0 Å². The Bertz CT molecular complexity index is 1180. The van der Waals surface area contributed by atoms with Gasteiger partial charge in [0.15, 0.2) is 0 Å². The second-order valence-corrected chi connectivity index (χ2v) is 7.14. The first-order valence-corrected chi connectivity index (χ1v) is 9.91. The highest BCUT2D eigenvalue weighted by molar-refractivity contribution is 6.35. The van der Waals surface area contributed by atoms with Crippen LogP contribution in [0.1, 0.15) is 21.5 Å². The van der Waals surface area contributed by atoms with Crippen molar-refractivity contribution in [3.63, 3.8) is 0 Å². The van der Waals surface area contributed by atoms with Gasteiger partial charge < -0.3 is 15.0 Å². The molecule has 0 saturated heterocycles. The Morgan fingerprint density at radius 3 is 2.65 bits per heavy atom. The molecule has 1 aliphatic rings. The molecule has 31 heavy (non-hydrogen) atoms. The monoisotopic (exact) mass is 410 g/mol. The molecule has 0 aliphatic carbocycles. The Hall–Kier alpha value is -4.12. The second-order valence-electron chi connectivity index (χ2n) is 7.14. The summed E-state index contributed by atoms with van der Waals surface area (Å²) in [6.45, 7) is 4.03. The van der Waals surface area contributed by atoms with Gasteiger partial charge in [-0.15, -0.1) is 0 Å². The summed E-state index contributed by atoms with van der Waals surface area (Å²) in [4.78, 5) is 27.1. The molecule has 0 radical (unpaired) electrons. The van der Waals surface area contributed by atoms with Gasteiger partial charge in [0.25, 0.3) is 11.8 Å². The van der Waals surface area contributed by atoms with E-state index >= 15 is 0 Å². The number of carbonyl (C=O) groups excluding carboxylic acids is 2. The summed E-state index contributed by atoms with van der Waals surface area (Å²) in [6.07, 6.45) is 3.46. The molecule has 0 unspecified atom stereocenters. The van der Waals surface area contributed by atoms with Gasteiger partial charge in [0.1, 0.15) is 12.4 Å². The van der Waals surface area contributed by atoms with Crippen molar-refractivity contribution in [1.29, 1.82) is 0 Å².